The Labute approximate surface area is 193 Å². The molecular formula is C24H30ClN5O2. The molecule has 1 N–H and O–H groups in total. The summed E-state index contributed by atoms with van der Waals surface area (Å²) in [6, 6.07) is 2.18. The minimum Gasteiger partial charge on any atom is -0.444 e. The summed E-state index contributed by atoms with van der Waals surface area (Å²) in [5.74, 6) is 1.10. The standard InChI is InChI=1S/C24H30ClN5O2/c1-24(2,3)32-23(31)29-8-6-16(7-9-29)20-10-18-21(19(25)12-26-22(18)28-20)17-11-27-30(14-17)13-15-4-5-15/h10-12,14-16H,4-9,13H2,1-3H3,(H,26,28). The van der Waals surface area contributed by atoms with Crippen LogP contribution in [0.3, 0.4) is 0 Å². The predicted octanol–water partition coefficient (Wildman–Crippen LogP) is 5.60. The third kappa shape index (κ3) is 4.49. The van der Waals surface area contributed by atoms with Crippen LogP contribution in [0.25, 0.3) is 22.2 Å². The van der Waals surface area contributed by atoms with Gasteiger partial charge in [-0.3, -0.25) is 4.68 Å². The minimum absolute atomic E-state index is 0.230. The highest BCUT2D eigenvalue weighted by atomic mass is 35.5. The Morgan fingerprint density at radius 3 is 2.66 bits per heavy atom. The SMILES string of the molecule is CC(C)(C)OC(=O)N1CCC(c2cc3c(-c4cnn(CC5CC5)c4)c(Cl)cnc3[nH]2)CC1. The molecule has 8 heteroatoms. The highest BCUT2D eigenvalue weighted by Gasteiger charge is 2.29. The molecule has 2 fully saturated rings. The zero-order valence-electron chi connectivity index (χ0n) is 18.9. The van der Waals surface area contributed by atoms with E-state index in [1.807, 2.05) is 31.6 Å². The molecule has 3 aromatic heterocycles. The molecular weight excluding hydrogens is 426 g/mol. The minimum atomic E-state index is -0.473. The van der Waals surface area contributed by atoms with Gasteiger partial charge >= 0.3 is 6.09 Å². The summed E-state index contributed by atoms with van der Waals surface area (Å²) >= 11 is 6.60. The second-order valence-corrected chi connectivity index (χ2v) is 10.5. The molecule has 0 spiro atoms. The van der Waals surface area contributed by atoms with Crippen LogP contribution >= 0.6 is 11.6 Å². The van der Waals surface area contributed by atoms with Crippen molar-refractivity contribution in [2.45, 2.75) is 64.5 Å². The zero-order valence-corrected chi connectivity index (χ0v) is 19.7. The first kappa shape index (κ1) is 21.3. The van der Waals surface area contributed by atoms with E-state index in [2.05, 4.69) is 27.3 Å². The average Bonchev–Trinajstić information content (AvgIpc) is 3.26. The van der Waals surface area contributed by atoms with Crippen molar-refractivity contribution >= 4 is 28.7 Å². The van der Waals surface area contributed by atoms with E-state index in [9.17, 15) is 4.79 Å². The highest BCUT2D eigenvalue weighted by Crippen LogP contribution is 2.38. The lowest BCUT2D eigenvalue weighted by atomic mass is 9.93. The smallest absolute Gasteiger partial charge is 0.410 e. The fourth-order valence-electron chi connectivity index (χ4n) is 4.44. The maximum Gasteiger partial charge on any atom is 0.410 e. The number of carbonyl (C=O) groups excluding carboxylic acids is 1. The summed E-state index contributed by atoms with van der Waals surface area (Å²) in [5, 5.41) is 6.20. The van der Waals surface area contributed by atoms with Crippen molar-refractivity contribution in [1.82, 2.24) is 24.6 Å². The zero-order chi connectivity index (χ0) is 22.5. The predicted molar refractivity (Wildman–Crippen MR) is 125 cm³/mol. The summed E-state index contributed by atoms with van der Waals surface area (Å²) < 4.78 is 7.54. The van der Waals surface area contributed by atoms with Crippen molar-refractivity contribution in [3.8, 4) is 11.1 Å². The Bertz CT molecular complexity index is 1130. The molecule has 5 rings (SSSR count). The quantitative estimate of drug-likeness (QED) is 0.555. The Hall–Kier alpha value is -2.54. The molecule has 1 aliphatic carbocycles. The Morgan fingerprint density at radius 2 is 1.97 bits per heavy atom. The number of aromatic amines is 1. The Kier molecular flexibility index (Phi) is 5.40. The first-order chi connectivity index (χ1) is 15.3. The monoisotopic (exact) mass is 455 g/mol. The van der Waals surface area contributed by atoms with Gasteiger partial charge in [0.05, 0.1) is 11.2 Å². The lowest BCUT2D eigenvalue weighted by Crippen LogP contribution is -2.41. The molecule has 32 heavy (non-hydrogen) atoms. The molecule has 0 atom stereocenters. The normalized spacial score (nSPS) is 17.8. The average molecular weight is 456 g/mol. The lowest BCUT2D eigenvalue weighted by Gasteiger charge is -2.33. The highest BCUT2D eigenvalue weighted by molar-refractivity contribution is 6.34. The Balaban J connectivity index is 1.35. The number of amides is 1. The number of H-pyrrole nitrogens is 1. The molecule has 1 saturated heterocycles. The van der Waals surface area contributed by atoms with Crippen molar-refractivity contribution < 1.29 is 9.53 Å². The number of hydrogen-bond donors (Lipinski definition) is 1. The van der Waals surface area contributed by atoms with Crippen molar-refractivity contribution in [1.29, 1.82) is 0 Å². The first-order valence-corrected chi connectivity index (χ1v) is 11.8. The lowest BCUT2D eigenvalue weighted by molar-refractivity contribution is 0.0204. The number of fused-ring (bicyclic) bond motifs is 1. The van der Waals surface area contributed by atoms with Gasteiger partial charge in [-0.25, -0.2) is 9.78 Å². The third-order valence-electron chi connectivity index (χ3n) is 6.28. The molecule has 2 aliphatic rings. The number of rotatable bonds is 4. The number of pyridine rings is 1. The molecule has 1 aliphatic heterocycles. The van der Waals surface area contributed by atoms with Crippen molar-refractivity contribution in [2.24, 2.45) is 5.92 Å². The van der Waals surface area contributed by atoms with E-state index in [1.165, 1.54) is 12.8 Å². The van der Waals surface area contributed by atoms with Crippen LogP contribution in [0.5, 0.6) is 0 Å². The topological polar surface area (TPSA) is 76.0 Å². The number of halogens is 1. The van der Waals surface area contributed by atoms with E-state index in [4.69, 9.17) is 16.3 Å². The van der Waals surface area contributed by atoms with Crippen LogP contribution < -0.4 is 0 Å². The third-order valence-corrected chi connectivity index (χ3v) is 6.57. The molecule has 0 bridgehead atoms. The van der Waals surface area contributed by atoms with Crippen LogP contribution in [-0.4, -0.2) is 49.4 Å². The van der Waals surface area contributed by atoms with Gasteiger partial charge in [-0.05, 0) is 58.4 Å². The van der Waals surface area contributed by atoms with Gasteiger partial charge in [0.15, 0.2) is 0 Å². The largest absolute Gasteiger partial charge is 0.444 e. The molecule has 1 saturated carbocycles. The van der Waals surface area contributed by atoms with Crippen LogP contribution in [0.2, 0.25) is 5.02 Å². The van der Waals surface area contributed by atoms with Crippen LogP contribution in [-0.2, 0) is 11.3 Å². The van der Waals surface area contributed by atoms with Gasteiger partial charge in [0.1, 0.15) is 11.2 Å². The molecule has 170 valence electrons. The summed E-state index contributed by atoms with van der Waals surface area (Å²) in [4.78, 5) is 22.2. The van der Waals surface area contributed by atoms with Gasteiger partial charge in [-0.1, -0.05) is 11.6 Å². The fourth-order valence-corrected chi connectivity index (χ4v) is 4.70. The second kappa shape index (κ2) is 8.10. The van der Waals surface area contributed by atoms with Gasteiger partial charge in [-0.15, -0.1) is 0 Å². The van der Waals surface area contributed by atoms with Crippen LogP contribution in [0.1, 0.15) is 58.1 Å². The van der Waals surface area contributed by atoms with Crippen LogP contribution in [0.15, 0.2) is 24.7 Å². The number of piperidine rings is 1. The van der Waals surface area contributed by atoms with E-state index >= 15 is 0 Å². The molecule has 0 unspecified atom stereocenters. The summed E-state index contributed by atoms with van der Waals surface area (Å²) in [6.45, 7) is 8.03. The second-order valence-electron chi connectivity index (χ2n) is 10.1. The van der Waals surface area contributed by atoms with Crippen molar-refractivity contribution in [3.05, 3.63) is 35.4 Å². The van der Waals surface area contributed by atoms with Crippen LogP contribution in [0, 0.1) is 5.92 Å². The van der Waals surface area contributed by atoms with E-state index in [0.717, 1.165) is 53.2 Å². The van der Waals surface area contributed by atoms with Gasteiger partial charge < -0.3 is 14.6 Å². The van der Waals surface area contributed by atoms with Gasteiger partial charge in [0.2, 0.25) is 0 Å². The number of carbonyl (C=O) groups is 1. The van der Waals surface area contributed by atoms with E-state index < -0.39 is 5.60 Å². The van der Waals surface area contributed by atoms with Gasteiger partial charge in [-0.2, -0.15) is 5.10 Å². The van der Waals surface area contributed by atoms with Crippen molar-refractivity contribution in [2.75, 3.05) is 13.1 Å². The first-order valence-electron chi connectivity index (χ1n) is 11.4. The molecule has 3 aromatic rings. The maximum atomic E-state index is 12.4. The summed E-state index contributed by atoms with van der Waals surface area (Å²) in [5.41, 5.74) is 3.51. The summed E-state index contributed by atoms with van der Waals surface area (Å²) in [6.07, 6.45) is 9.82. The Morgan fingerprint density at radius 1 is 1.22 bits per heavy atom. The fraction of sp³-hybridized carbons (Fsp3) is 0.542. The van der Waals surface area contributed by atoms with Gasteiger partial charge in [0, 0.05) is 60.2 Å². The summed E-state index contributed by atoms with van der Waals surface area (Å²) in [7, 11) is 0. The number of likely N-dealkylation sites (tertiary alicyclic amines) is 1. The molecule has 7 nitrogen and oxygen atoms in total. The van der Waals surface area contributed by atoms with Crippen LogP contribution in [0.4, 0.5) is 4.79 Å². The number of ether oxygens (including phenoxy) is 1. The van der Waals surface area contributed by atoms with E-state index in [-0.39, 0.29) is 6.09 Å². The van der Waals surface area contributed by atoms with E-state index in [0.29, 0.717) is 24.0 Å². The van der Waals surface area contributed by atoms with E-state index in [1.54, 1.807) is 11.1 Å². The van der Waals surface area contributed by atoms with Gasteiger partial charge in [0.25, 0.3) is 0 Å². The number of nitrogens with zero attached hydrogens (tertiary/aromatic N) is 4. The molecule has 4 heterocycles. The number of aromatic nitrogens is 4. The number of hydrogen-bond acceptors (Lipinski definition) is 4. The number of nitrogens with one attached hydrogen (secondary N) is 1. The molecule has 0 aromatic carbocycles. The molecule has 1 amide bonds. The maximum absolute atomic E-state index is 12.4. The van der Waals surface area contributed by atoms with Crippen molar-refractivity contribution in [3.63, 3.8) is 0 Å². The molecule has 0 radical (unpaired) electrons.